The average molecular weight is 311 g/mol. The summed E-state index contributed by atoms with van der Waals surface area (Å²) in [4.78, 5) is 29.1. The summed E-state index contributed by atoms with van der Waals surface area (Å²) in [5, 5.41) is 14.7. The SMILES string of the molecule is CC(C)[C@H](NC(=O)N(C)Cc1csc(C2CC2)n1)C(=O)O. The van der Waals surface area contributed by atoms with Crippen LogP contribution in [0.15, 0.2) is 5.38 Å². The Morgan fingerprint density at radius 1 is 1.52 bits per heavy atom. The predicted octanol–water partition coefficient (Wildman–Crippen LogP) is 2.27. The van der Waals surface area contributed by atoms with Crippen LogP contribution in [-0.4, -0.2) is 40.1 Å². The maximum absolute atomic E-state index is 12.0. The van der Waals surface area contributed by atoms with E-state index in [4.69, 9.17) is 5.11 Å². The monoisotopic (exact) mass is 311 g/mol. The predicted molar refractivity (Wildman–Crippen MR) is 80.3 cm³/mol. The lowest BCUT2D eigenvalue weighted by Gasteiger charge is -2.22. The van der Waals surface area contributed by atoms with Crippen LogP contribution in [-0.2, 0) is 11.3 Å². The Labute approximate surface area is 128 Å². The number of carboxylic acids is 1. The minimum absolute atomic E-state index is 0.166. The van der Waals surface area contributed by atoms with Crippen molar-refractivity contribution in [1.29, 1.82) is 0 Å². The summed E-state index contributed by atoms with van der Waals surface area (Å²) >= 11 is 1.63. The Bertz CT molecular complexity index is 525. The van der Waals surface area contributed by atoms with Gasteiger partial charge in [0.15, 0.2) is 0 Å². The Morgan fingerprint density at radius 3 is 2.71 bits per heavy atom. The molecule has 1 heterocycles. The summed E-state index contributed by atoms with van der Waals surface area (Å²) in [6.45, 7) is 3.92. The Hall–Kier alpha value is -1.63. The van der Waals surface area contributed by atoms with Crippen molar-refractivity contribution in [1.82, 2.24) is 15.2 Å². The molecule has 0 aromatic carbocycles. The number of aromatic nitrogens is 1. The number of hydrogen-bond acceptors (Lipinski definition) is 4. The van der Waals surface area contributed by atoms with Crippen LogP contribution < -0.4 is 5.32 Å². The zero-order valence-electron chi connectivity index (χ0n) is 12.5. The van der Waals surface area contributed by atoms with Gasteiger partial charge in [-0.25, -0.2) is 14.6 Å². The van der Waals surface area contributed by atoms with Gasteiger partial charge in [-0.1, -0.05) is 13.8 Å². The van der Waals surface area contributed by atoms with Crippen LogP contribution in [0.1, 0.15) is 43.3 Å². The van der Waals surface area contributed by atoms with E-state index in [-0.39, 0.29) is 5.92 Å². The molecule has 1 atom stereocenters. The minimum Gasteiger partial charge on any atom is -0.480 e. The van der Waals surface area contributed by atoms with Gasteiger partial charge in [0.1, 0.15) is 6.04 Å². The molecule has 7 heteroatoms. The second-order valence-corrected chi connectivity index (χ2v) is 6.71. The second-order valence-electron chi connectivity index (χ2n) is 5.82. The summed E-state index contributed by atoms with van der Waals surface area (Å²) in [7, 11) is 1.64. The summed E-state index contributed by atoms with van der Waals surface area (Å²) in [6.07, 6.45) is 2.41. The Kier molecular flexibility index (Phi) is 4.82. The van der Waals surface area contributed by atoms with Crippen LogP contribution in [0.25, 0.3) is 0 Å². The van der Waals surface area contributed by atoms with E-state index in [1.807, 2.05) is 5.38 Å². The van der Waals surface area contributed by atoms with Gasteiger partial charge in [0, 0.05) is 18.3 Å². The highest BCUT2D eigenvalue weighted by Crippen LogP contribution is 2.41. The number of carbonyl (C=O) groups is 2. The molecular formula is C14H21N3O3S. The fraction of sp³-hybridized carbons (Fsp3) is 0.643. The lowest BCUT2D eigenvalue weighted by atomic mass is 10.1. The summed E-state index contributed by atoms with van der Waals surface area (Å²) in [6, 6.07) is -1.27. The highest BCUT2D eigenvalue weighted by atomic mass is 32.1. The van der Waals surface area contributed by atoms with Crippen LogP contribution in [0.5, 0.6) is 0 Å². The van der Waals surface area contributed by atoms with Gasteiger partial charge in [0.05, 0.1) is 17.2 Å². The van der Waals surface area contributed by atoms with Crippen LogP contribution >= 0.6 is 11.3 Å². The first-order valence-electron chi connectivity index (χ1n) is 7.07. The molecule has 0 bridgehead atoms. The number of rotatable bonds is 6. The molecule has 116 valence electrons. The van der Waals surface area contributed by atoms with E-state index in [1.54, 1.807) is 32.2 Å². The van der Waals surface area contributed by atoms with E-state index in [1.165, 1.54) is 17.7 Å². The van der Waals surface area contributed by atoms with Crippen LogP contribution in [0.4, 0.5) is 4.79 Å². The van der Waals surface area contributed by atoms with Crippen molar-refractivity contribution in [2.45, 2.75) is 45.2 Å². The molecule has 0 saturated heterocycles. The Balaban J connectivity index is 1.90. The Morgan fingerprint density at radius 2 is 2.19 bits per heavy atom. The molecule has 0 spiro atoms. The van der Waals surface area contributed by atoms with E-state index in [9.17, 15) is 9.59 Å². The van der Waals surface area contributed by atoms with Gasteiger partial charge >= 0.3 is 12.0 Å². The fourth-order valence-electron chi connectivity index (χ4n) is 1.98. The molecule has 1 fully saturated rings. The molecule has 21 heavy (non-hydrogen) atoms. The van der Waals surface area contributed by atoms with Crippen molar-refractivity contribution in [3.8, 4) is 0 Å². The zero-order chi connectivity index (χ0) is 15.6. The van der Waals surface area contributed by atoms with E-state index in [0.717, 1.165) is 10.7 Å². The molecule has 1 aliphatic rings. The van der Waals surface area contributed by atoms with Gasteiger partial charge in [-0.05, 0) is 18.8 Å². The number of hydrogen-bond donors (Lipinski definition) is 2. The number of urea groups is 1. The molecule has 6 nitrogen and oxygen atoms in total. The molecule has 2 amide bonds. The average Bonchev–Trinajstić information content (AvgIpc) is 3.15. The molecule has 2 rings (SSSR count). The molecule has 0 radical (unpaired) electrons. The zero-order valence-corrected chi connectivity index (χ0v) is 13.3. The maximum atomic E-state index is 12.0. The van der Waals surface area contributed by atoms with Gasteiger partial charge in [-0.3, -0.25) is 0 Å². The number of aliphatic carboxylic acids is 1. The van der Waals surface area contributed by atoms with Crippen molar-refractivity contribution in [2.24, 2.45) is 5.92 Å². The molecule has 2 N–H and O–H groups in total. The lowest BCUT2D eigenvalue weighted by Crippen LogP contribution is -2.48. The molecule has 1 aliphatic carbocycles. The van der Waals surface area contributed by atoms with Crippen LogP contribution in [0, 0.1) is 5.92 Å². The van der Waals surface area contributed by atoms with Gasteiger partial charge in [0.2, 0.25) is 0 Å². The third kappa shape index (κ3) is 4.17. The van der Waals surface area contributed by atoms with Gasteiger partial charge in [-0.2, -0.15) is 0 Å². The maximum Gasteiger partial charge on any atom is 0.326 e. The van der Waals surface area contributed by atoms with Crippen LogP contribution in [0.2, 0.25) is 0 Å². The van der Waals surface area contributed by atoms with Gasteiger partial charge in [0.25, 0.3) is 0 Å². The highest BCUT2D eigenvalue weighted by molar-refractivity contribution is 7.09. The topological polar surface area (TPSA) is 82.5 Å². The molecule has 1 saturated carbocycles. The first kappa shape index (κ1) is 15.8. The quantitative estimate of drug-likeness (QED) is 0.844. The van der Waals surface area contributed by atoms with E-state index in [0.29, 0.717) is 12.5 Å². The summed E-state index contributed by atoms with van der Waals surface area (Å²) in [5.41, 5.74) is 0.857. The van der Waals surface area contributed by atoms with Crippen molar-refractivity contribution in [3.63, 3.8) is 0 Å². The van der Waals surface area contributed by atoms with E-state index < -0.39 is 18.0 Å². The number of amides is 2. The van der Waals surface area contributed by atoms with E-state index >= 15 is 0 Å². The number of carboxylic acid groups (broad SMARTS) is 1. The van der Waals surface area contributed by atoms with Crippen molar-refractivity contribution in [3.05, 3.63) is 16.1 Å². The highest BCUT2D eigenvalue weighted by Gasteiger charge is 2.27. The first-order chi connectivity index (χ1) is 9.88. The normalized spacial score (nSPS) is 15.8. The van der Waals surface area contributed by atoms with Crippen molar-refractivity contribution < 1.29 is 14.7 Å². The van der Waals surface area contributed by atoms with Crippen molar-refractivity contribution >= 4 is 23.3 Å². The van der Waals surface area contributed by atoms with Gasteiger partial charge < -0.3 is 15.3 Å². The summed E-state index contributed by atoms with van der Waals surface area (Å²) < 4.78 is 0. The number of thiazole rings is 1. The summed E-state index contributed by atoms with van der Waals surface area (Å²) in [5.74, 6) is -0.572. The first-order valence-corrected chi connectivity index (χ1v) is 7.95. The fourth-order valence-corrected chi connectivity index (χ4v) is 2.97. The number of carbonyl (C=O) groups excluding carboxylic acids is 1. The smallest absolute Gasteiger partial charge is 0.326 e. The van der Waals surface area contributed by atoms with Crippen molar-refractivity contribution in [2.75, 3.05) is 7.05 Å². The number of nitrogens with one attached hydrogen (secondary N) is 1. The molecule has 1 aromatic rings. The number of nitrogens with zero attached hydrogens (tertiary/aromatic N) is 2. The largest absolute Gasteiger partial charge is 0.480 e. The molecular weight excluding hydrogens is 290 g/mol. The van der Waals surface area contributed by atoms with Gasteiger partial charge in [-0.15, -0.1) is 11.3 Å². The molecule has 0 unspecified atom stereocenters. The second kappa shape index (κ2) is 6.43. The molecule has 1 aromatic heterocycles. The molecule has 0 aliphatic heterocycles. The minimum atomic E-state index is -1.02. The van der Waals surface area contributed by atoms with Crippen LogP contribution in [0.3, 0.4) is 0 Å². The standard InChI is InChI=1S/C14H21N3O3S/c1-8(2)11(13(18)19)16-14(20)17(3)6-10-7-21-12(15-10)9-4-5-9/h7-9,11H,4-6H2,1-3H3,(H,16,20)(H,18,19)/t11-/m0/s1. The lowest BCUT2D eigenvalue weighted by molar-refractivity contribution is -0.140. The third-order valence-corrected chi connectivity index (χ3v) is 4.51. The third-order valence-electron chi connectivity index (χ3n) is 3.45. The van der Waals surface area contributed by atoms with E-state index in [2.05, 4.69) is 10.3 Å².